The molecule has 0 saturated carbocycles. The van der Waals surface area contributed by atoms with Crippen LogP contribution < -0.4 is 0 Å². The number of aromatic nitrogens is 3. The number of hydrogen-bond acceptors (Lipinski definition) is 5. The second kappa shape index (κ2) is 6.93. The van der Waals surface area contributed by atoms with Gasteiger partial charge in [-0.05, 0) is 34.6 Å². The van der Waals surface area contributed by atoms with Crippen molar-refractivity contribution in [3.63, 3.8) is 0 Å². The lowest BCUT2D eigenvalue weighted by atomic mass is 10.0. The first-order chi connectivity index (χ1) is 9.71. The lowest BCUT2D eigenvalue weighted by Crippen LogP contribution is -2.53. The summed E-state index contributed by atoms with van der Waals surface area (Å²) in [5, 5.41) is 17.7. The van der Waals surface area contributed by atoms with E-state index in [1.165, 1.54) is 30.5 Å². The third-order valence-electron chi connectivity index (χ3n) is 3.24. The molecule has 0 aliphatic heterocycles. The minimum absolute atomic E-state index is 0.135. The van der Waals surface area contributed by atoms with Crippen molar-refractivity contribution in [2.45, 2.75) is 51.4 Å². The standard InChI is InChI=1S/C13H22N4O3S/c1-6-17(13(4,5)11(19)20)10(18)7-21-12-15-14-8-16(12)9(2)3/h8-9H,6-7H2,1-5H3,(H,19,20). The van der Waals surface area contributed by atoms with Crippen LogP contribution in [0.5, 0.6) is 0 Å². The average molecular weight is 314 g/mol. The molecule has 1 heterocycles. The predicted molar refractivity (Wildman–Crippen MR) is 80.2 cm³/mol. The van der Waals surface area contributed by atoms with Crippen LogP contribution in [-0.4, -0.2) is 54.5 Å². The zero-order valence-electron chi connectivity index (χ0n) is 13.0. The van der Waals surface area contributed by atoms with E-state index in [0.29, 0.717) is 11.7 Å². The van der Waals surface area contributed by atoms with Gasteiger partial charge >= 0.3 is 5.97 Å². The van der Waals surface area contributed by atoms with Gasteiger partial charge in [0.25, 0.3) is 0 Å². The molecule has 1 aromatic heterocycles. The van der Waals surface area contributed by atoms with Gasteiger partial charge in [0.2, 0.25) is 5.91 Å². The number of nitrogens with zero attached hydrogens (tertiary/aromatic N) is 4. The molecule has 0 aliphatic rings. The van der Waals surface area contributed by atoms with Crippen molar-refractivity contribution >= 4 is 23.6 Å². The van der Waals surface area contributed by atoms with Crippen LogP contribution in [0.3, 0.4) is 0 Å². The average Bonchev–Trinajstić information content (AvgIpc) is 2.85. The second-order valence-corrected chi connectivity index (χ2v) is 6.35. The summed E-state index contributed by atoms with van der Waals surface area (Å²) in [4.78, 5) is 24.9. The number of amides is 1. The van der Waals surface area contributed by atoms with Gasteiger partial charge in [0.15, 0.2) is 5.16 Å². The van der Waals surface area contributed by atoms with E-state index in [2.05, 4.69) is 10.2 Å². The van der Waals surface area contributed by atoms with E-state index in [1.54, 1.807) is 13.3 Å². The van der Waals surface area contributed by atoms with Crippen molar-refractivity contribution in [1.29, 1.82) is 0 Å². The van der Waals surface area contributed by atoms with E-state index >= 15 is 0 Å². The summed E-state index contributed by atoms with van der Waals surface area (Å²) in [5.41, 5.74) is -1.22. The van der Waals surface area contributed by atoms with Crippen molar-refractivity contribution in [2.24, 2.45) is 0 Å². The van der Waals surface area contributed by atoms with Crippen molar-refractivity contribution in [2.75, 3.05) is 12.3 Å². The molecular weight excluding hydrogens is 292 g/mol. The summed E-state index contributed by atoms with van der Waals surface area (Å²) in [6, 6.07) is 0.204. The maximum absolute atomic E-state index is 12.3. The maximum Gasteiger partial charge on any atom is 0.329 e. The molecule has 1 N–H and O–H groups in total. The van der Waals surface area contributed by atoms with E-state index in [0.717, 1.165) is 0 Å². The first-order valence-electron chi connectivity index (χ1n) is 6.78. The number of rotatable bonds is 7. The van der Waals surface area contributed by atoms with Crippen molar-refractivity contribution in [3.8, 4) is 0 Å². The maximum atomic E-state index is 12.3. The molecule has 7 nitrogen and oxygen atoms in total. The predicted octanol–water partition coefficient (Wildman–Crippen LogP) is 1.66. The van der Waals surface area contributed by atoms with Gasteiger partial charge in [0.1, 0.15) is 11.9 Å². The summed E-state index contributed by atoms with van der Waals surface area (Å²) in [5.74, 6) is -1.11. The minimum Gasteiger partial charge on any atom is -0.480 e. The molecular formula is C13H22N4O3S. The zero-order valence-corrected chi connectivity index (χ0v) is 13.8. The molecule has 0 unspecified atom stereocenters. The fourth-order valence-electron chi connectivity index (χ4n) is 1.89. The Balaban J connectivity index is 2.76. The van der Waals surface area contributed by atoms with Crippen LogP contribution >= 0.6 is 11.8 Å². The Morgan fingerprint density at radius 2 is 2.10 bits per heavy atom. The summed E-state index contributed by atoms with van der Waals surface area (Å²) >= 11 is 1.27. The van der Waals surface area contributed by atoms with Crippen LogP contribution in [0.15, 0.2) is 11.5 Å². The fourth-order valence-corrected chi connectivity index (χ4v) is 2.81. The van der Waals surface area contributed by atoms with E-state index in [9.17, 15) is 14.7 Å². The molecule has 118 valence electrons. The highest BCUT2D eigenvalue weighted by atomic mass is 32.2. The quantitative estimate of drug-likeness (QED) is 0.770. The SMILES string of the molecule is CCN(C(=O)CSc1nncn1C(C)C)C(C)(C)C(=O)O. The first kappa shape index (κ1) is 17.5. The van der Waals surface area contributed by atoms with E-state index < -0.39 is 11.5 Å². The third kappa shape index (κ3) is 3.96. The third-order valence-corrected chi connectivity index (χ3v) is 4.18. The summed E-state index contributed by atoms with van der Waals surface area (Å²) in [7, 11) is 0. The van der Waals surface area contributed by atoms with Crippen LogP contribution in [0.4, 0.5) is 0 Å². The molecule has 0 spiro atoms. The van der Waals surface area contributed by atoms with Gasteiger partial charge in [-0.2, -0.15) is 0 Å². The van der Waals surface area contributed by atoms with Crippen molar-refractivity contribution < 1.29 is 14.7 Å². The van der Waals surface area contributed by atoms with Crippen molar-refractivity contribution in [3.05, 3.63) is 6.33 Å². The van der Waals surface area contributed by atoms with E-state index in [4.69, 9.17) is 0 Å². The van der Waals surface area contributed by atoms with Crippen LogP contribution in [0.2, 0.25) is 0 Å². The number of likely N-dealkylation sites (N-methyl/N-ethyl adjacent to an activating group) is 1. The van der Waals surface area contributed by atoms with Gasteiger partial charge in [-0.3, -0.25) is 4.79 Å². The van der Waals surface area contributed by atoms with Crippen molar-refractivity contribution in [1.82, 2.24) is 19.7 Å². The highest BCUT2D eigenvalue weighted by Crippen LogP contribution is 2.21. The first-order valence-corrected chi connectivity index (χ1v) is 7.76. The molecule has 8 heteroatoms. The fraction of sp³-hybridized carbons (Fsp3) is 0.692. The second-order valence-electron chi connectivity index (χ2n) is 5.41. The van der Waals surface area contributed by atoms with Crippen LogP contribution in [-0.2, 0) is 9.59 Å². The molecule has 1 rings (SSSR count). The van der Waals surface area contributed by atoms with Gasteiger partial charge in [0.05, 0.1) is 5.75 Å². The molecule has 1 amide bonds. The summed E-state index contributed by atoms with van der Waals surface area (Å²) in [6.07, 6.45) is 1.62. The molecule has 0 radical (unpaired) electrons. The monoisotopic (exact) mass is 314 g/mol. The van der Waals surface area contributed by atoms with E-state index in [-0.39, 0.29) is 17.7 Å². The Bertz CT molecular complexity index is 513. The molecule has 0 aliphatic carbocycles. The number of carboxylic acid groups (broad SMARTS) is 1. The Morgan fingerprint density at radius 3 is 2.57 bits per heavy atom. The number of carbonyl (C=O) groups excluding carboxylic acids is 1. The Hall–Kier alpha value is -1.57. The molecule has 0 saturated heterocycles. The molecule has 21 heavy (non-hydrogen) atoms. The smallest absolute Gasteiger partial charge is 0.329 e. The zero-order chi connectivity index (χ0) is 16.2. The number of aliphatic carboxylic acids is 1. The normalized spacial score (nSPS) is 11.7. The van der Waals surface area contributed by atoms with Gasteiger partial charge in [-0.25, -0.2) is 4.79 Å². The Kier molecular flexibility index (Phi) is 5.77. The Labute approximate surface area is 128 Å². The number of thioether (sulfide) groups is 1. The van der Waals surface area contributed by atoms with Crippen LogP contribution in [0.25, 0.3) is 0 Å². The highest BCUT2D eigenvalue weighted by molar-refractivity contribution is 7.99. The highest BCUT2D eigenvalue weighted by Gasteiger charge is 2.36. The number of hydrogen-bond donors (Lipinski definition) is 1. The molecule has 0 aromatic carbocycles. The van der Waals surface area contributed by atoms with Gasteiger partial charge in [-0.15, -0.1) is 10.2 Å². The van der Waals surface area contributed by atoms with Crippen LogP contribution in [0.1, 0.15) is 40.7 Å². The Morgan fingerprint density at radius 1 is 1.48 bits per heavy atom. The van der Waals surface area contributed by atoms with E-state index in [1.807, 2.05) is 18.4 Å². The lowest BCUT2D eigenvalue weighted by molar-refractivity contribution is -0.155. The lowest BCUT2D eigenvalue weighted by Gasteiger charge is -2.34. The van der Waals surface area contributed by atoms with Gasteiger partial charge in [-0.1, -0.05) is 11.8 Å². The number of carbonyl (C=O) groups is 2. The molecule has 1 aromatic rings. The topological polar surface area (TPSA) is 88.3 Å². The largest absolute Gasteiger partial charge is 0.480 e. The van der Waals surface area contributed by atoms with Gasteiger partial charge in [0, 0.05) is 12.6 Å². The molecule has 0 fully saturated rings. The molecule has 0 atom stereocenters. The summed E-state index contributed by atoms with van der Waals surface area (Å²) < 4.78 is 1.87. The van der Waals surface area contributed by atoms with Gasteiger partial charge < -0.3 is 14.6 Å². The number of carboxylic acids is 1. The minimum atomic E-state index is -1.22. The van der Waals surface area contributed by atoms with Crippen LogP contribution in [0, 0.1) is 0 Å². The summed E-state index contributed by atoms with van der Waals surface area (Å²) in [6.45, 7) is 9.16. The molecule has 0 bridgehead atoms.